The lowest BCUT2D eigenvalue weighted by Crippen LogP contribution is -2.50. The van der Waals surface area contributed by atoms with Gasteiger partial charge in [-0.25, -0.2) is 0 Å². The van der Waals surface area contributed by atoms with Crippen LogP contribution in [0.2, 0.25) is 5.02 Å². The molecule has 2 amide bonds. The van der Waals surface area contributed by atoms with Gasteiger partial charge in [-0.05, 0) is 59.8 Å². The summed E-state index contributed by atoms with van der Waals surface area (Å²) in [4.78, 5) is 28.8. The number of carbonyl (C=O) groups excluding carboxylic acids is 2. The first-order valence-electron chi connectivity index (χ1n) is 8.06. The van der Waals surface area contributed by atoms with Crippen LogP contribution in [-0.4, -0.2) is 47.8 Å². The zero-order valence-electron chi connectivity index (χ0n) is 13.8. The molecule has 25 heavy (non-hydrogen) atoms. The molecule has 0 spiro atoms. The van der Waals surface area contributed by atoms with E-state index in [1.807, 2.05) is 31.2 Å². The Morgan fingerprint density at radius 1 is 0.920 bits per heavy atom. The van der Waals surface area contributed by atoms with Crippen molar-refractivity contribution in [3.8, 4) is 0 Å². The molecule has 0 saturated carbocycles. The SMILES string of the molecule is Cc1ccc(C(=O)N2CCN(C(=O)c3ccc(Cl)cc3I)CC2)cc1. The second-order valence-corrected chi connectivity index (χ2v) is 7.67. The molecular formula is C19H18ClIN2O2. The Kier molecular flexibility index (Phi) is 5.64. The first-order chi connectivity index (χ1) is 12.0. The number of piperazine rings is 1. The largest absolute Gasteiger partial charge is 0.335 e. The normalized spacial score (nSPS) is 14.5. The fourth-order valence-electron chi connectivity index (χ4n) is 2.82. The van der Waals surface area contributed by atoms with E-state index in [9.17, 15) is 9.59 Å². The fourth-order valence-corrected chi connectivity index (χ4v) is 3.93. The lowest BCUT2D eigenvalue weighted by molar-refractivity contribution is 0.0535. The molecule has 2 aromatic carbocycles. The monoisotopic (exact) mass is 468 g/mol. The number of halogens is 2. The first-order valence-corrected chi connectivity index (χ1v) is 9.51. The summed E-state index contributed by atoms with van der Waals surface area (Å²) in [6.07, 6.45) is 0. The quantitative estimate of drug-likeness (QED) is 0.628. The molecule has 4 nitrogen and oxygen atoms in total. The van der Waals surface area contributed by atoms with Gasteiger partial charge in [0.1, 0.15) is 0 Å². The number of benzene rings is 2. The van der Waals surface area contributed by atoms with Gasteiger partial charge in [-0.1, -0.05) is 29.3 Å². The van der Waals surface area contributed by atoms with Crippen LogP contribution in [0.5, 0.6) is 0 Å². The molecule has 1 fully saturated rings. The van der Waals surface area contributed by atoms with Crippen LogP contribution in [-0.2, 0) is 0 Å². The van der Waals surface area contributed by atoms with E-state index >= 15 is 0 Å². The number of aryl methyl sites for hydroxylation is 1. The van der Waals surface area contributed by atoms with Gasteiger partial charge in [-0.15, -0.1) is 0 Å². The summed E-state index contributed by atoms with van der Waals surface area (Å²) in [5.41, 5.74) is 2.48. The van der Waals surface area contributed by atoms with Gasteiger partial charge in [0.15, 0.2) is 0 Å². The average Bonchev–Trinajstić information content (AvgIpc) is 2.61. The number of rotatable bonds is 2. The summed E-state index contributed by atoms with van der Waals surface area (Å²) in [7, 11) is 0. The minimum atomic E-state index is -0.0106. The molecule has 1 aliphatic rings. The van der Waals surface area contributed by atoms with Crippen LogP contribution in [0.4, 0.5) is 0 Å². The Morgan fingerprint density at radius 3 is 2.04 bits per heavy atom. The number of carbonyl (C=O) groups is 2. The maximum absolute atomic E-state index is 12.7. The van der Waals surface area contributed by atoms with Crippen molar-refractivity contribution in [3.05, 3.63) is 67.7 Å². The lowest BCUT2D eigenvalue weighted by Gasteiger charge is -2.35. The molecular weight excluding hydrogens is 451 g/mol. The Balaban J connectivity index is 1.64. The van der Waals surface area contributed by atoms with E-state index in [1.54, 1.807) is 28.0 Å². The molecule has 2 aromatic rings. The number of hydrogen-bond acceptors (Lipinski definition) is 2. The smallest absolute Gasteiger partial charge is 0.255 e. The van der Waals surface area contributed by atoms with Crippen LogP contribution < -0.4 is 0 Å². The van der Waals surface area contributed by atoms with Crippen molar-refractivity contribution < 1.29 is 9.59 Å². The zero-order valence-corrected chi connectivity index (χ0v) is 16.8. The van der Waals surface area contributed by atoms with E-state index in [2.05, 4.69) is 22.6 Å². The topological polar surface area (TPSA) is 40.6 Å². The predicted molar refractivity (Wildman–Crippen MR) is 107 cm³/mol. The highest BCUT2D eigenvalue weighted by molar-refractivity contribution is 14.1. The second-order valence-electron chi connectivity index (χ2n) is 6.07. The van der Waals surface area contributed by atoms with Crippen LogP contribution in [0.25, 0.3) is 0 Å². The number of amides is 2. The number of hydrogen-bond donors (Lipinski definition) is 0. The van der Waals surface area contributed by atoms with E-state index in [0.717, 1.165) is 9.13 Å². The van der Waals surface area contributed by atoms with Crippen molar-refractivity contribution in [1.82, 2.24) is 9.80 Å². The van der Waals surface area contributed by atoms with Gasteiger partial charge in [0, 0.05) is 40.3 Å². The molecule has 0 unspecified atom stereocenters. The molecule has 1 saturated heterocycles. The van der Waals surface area contributed by atoms with Crippen molar-refractivity contribution >= 4 is 46.0 Å². The maximum Gasteiger partial charge on any atom is 0.255 e. The molecule has 0 aromatic heterocycles. The van der Waals surface area contributed by atoms with Gasteiger partial charge in [-0.3, -0.25) is 9.59 Å². The van der Waals surface area contributed by atoms with Crippen molar-refractivity contribution in [1.29, 1.82) is 0 Å². The van der Waals surface area contributed by atoms with Crippen molar-refractivity contribution in [2.75, 3.05) is 26.2 Å². The Morgan fingerprint density at radius 2 is 1.48 bits per heavy atom. The molecule has 0 atom stereocenters. The van der Waals surface area contributed by atoms with Crippen LogP contribution in [0.15, 0.2) is 42.5 Å². The Hall–Kier alpha value is -1.60. The van der Waals surface area contributed by atoms with Crippen LogP contribution in [0.3, 0.4) is 0 Å². The molecule has 0 aliphatic carbocycles. The van der Waals surface area contributed by atoms with Crippen LogP contribution in [0, 0.1) is 10.5 Å². The van der Waals surface area contributed by atoms with Gasteiger partial charge >= 0.3 is 0 Å². The molecule has 0 bridgehead atoms. The highest BCUT2D eigenvalue weighted by atomic mass is 127. The number of nitrogens with zero attached hydrogens (tertiary/aromatic N) is 2. The summed E-state index contributed by atoms with van der Waals surface area (Å²) < 4.78 is 0.841. The molecule has 1 heterocycles. The zero-order chi connectivity index (χ0) is 18.0. The van der Waals surface area contributed by atoms with Gasteiger partial charge in [0.2, 0.25) is 0 Å². The molecule has 6 heteroatoms. The third-order valence-corrected chi connectivity index (χ3v) is 5.44. The highest BCUT2D eigenvalue weighted by Crippen LogP contribution is 2.20. The van der Waals surface area contributed by atoms with E-state index in [1.165, 1.54) is 0 Å². The summed E-state index contributed by atoms with van der Waals surface area (Å²) >= 11 is 8.08. The van der Waals surface area contributed by atoms with Crippen molar-refractivity contribution in [3.63, 3.8) is 0 Å². The lowest BCUT2D eigenvalue weighted by atomic mass is 10.1. The van der Waals surface area contributed by atoms with Crippen molar-refractivity contribution in [2.24, 2.45) is 0 Å². The standard InChI is InChI=1S/C19H18ClIN2O2/c1-13-2-4-14(5-3-13)18(24)22-8-10-23(11-9-22)19(25)16-7-6-15(20)12-17(16)21/h2-7,12H,8-11H2,1H3. The summed E-state index contributed by atoms with van der Waals surface area (Å²) in [6, 6.07) is 12.9. The molecule has 0 radical (unpaired) electrons. The van der Waals surface area contributed by atoms with Crippen LogP contribution in [0.1, 0.15) is 26.3 Å². The van der Waals surface area contributed by atoms with Gasteiger partial charge in [-0.2, -0.15) is 0 Å². The van der Waals surface area contributed by atoms with Gasteiger partial charge in [0.25, 0.3) is 11.8 Å². The summed E-state index contributed by atoms with van der Waals surface area (Å²) in [6.45, 7) is 4.16. The molecule has 1 aliphatic heterocycles. The van der Waals surface area contributed by atoms with E-state index in [0.29, 0.717) is 42.3 Å². The summed E-state index contributed by atoms with van der Waals surface area (Å²) in [5, 5.41) is 0.620. The van der Waals surface area contributed by atoms with Crippen LogP contribution >= 0.6 is 34.2 Å². The second kappa shape index (κ2) is 7.74. The minimum Gasteiger partial charge on any atom is -0.335 e. The molecule has 3 rings (SSSR count). The van der Waals surface area contributed by atoms with E-state index < -0.39 is 0 Å². The van der Waals surface area contributed by atoms with E-state index in [-0.39, 0.29) is 11.8 Å². The van der Waals surface area contributed by atoms with E-state index in [4.69, 9.17) is 11.6 Å². The fraction of sp³-hybridized carbons (Fsp3) is 0.263. The Labute approximate surface area is 165 Å². The molecule has 0 N–H and O–H groups in total. The van der Waals surface area contributed by atoms with Gasteiger partial charge < -0.3 is 9.80 Å². The third-order valence-electron chi connectivity index (χ3n) is 4.31. The Bertz CT molecular complexity index is 800. The highest BCUT2D eigenvalue weighted by Gasteiger charge is 2.26. The summed E-state index contributed by atoms with van der Waals surface area (Å²) in [5.74, 6) is 0.0108. The molecule has 130 valence electrons. The average molecular weight is 469 g/mol. The van der Waals surface area contributed by atoms with Crippen molar-refractivity contribution in [2.45, 2.75) is 6.92 Å². The third kappa shape index (κ3) is 4.15. The van der Waals surface area contributed by atoms with Gasteiger partial charge in [0.05, 0.1) is 5.56 Å². The first kappa shape index (κ1) is 18.2. The predicted octanol–water partition coefficient (Wildman–Crippen LogP) is 3.85. The maximum atomic E-state index is 12.7. The minimum absolute atomic E-state index is 0.0106.